The number of aryl methyl sites for hydroxylation is 1. The Morgan fingerprint density at radius 2 is 1.79 bits per heavy atom. The first kappa shape index (κ1) is 22.4. The number of rotatable bonds is 10. The van der Waals surface area contributed by atoms with Crippen LogP contribution >= 0.6 is 0 Å². The minimum atomic E-state index is -0.440. The molecule has 1 atom stereocenters. The minimum Gasteiger partial charge on any atom is -0.482 e. The van der Waals surface area contributed by atoms with Gasteiger partial charge in [0, 0.05) is 12.1 Å². The van der Waals surface area contributed by atoms with E-state index in [2.05, 4.69) is 41.4 Å². The van der Waals surface area contributed by atoms with Gasteiger partial charge >= 0.3 is 5.97 Å². The highest BCUT2D eigenvalue weighted by Crippen LogP contribution is 2.19. The van der Waals surface area contributed by atoms with Crippen LogP contribution in [0.2, 0.25) is 0 Å². The summed E-state index contributed by atoms with van der Waals surface area (Å²) in [4.78, 5) is 26.1. The predicted molar refractivity (Wildman–Crippen MR) is 113 cm³/mol. The van der Waals surface area contributed by atoms with Crippen molar-refractivity contribution in [3.05, 3.63) is 65.2 Å². The lowest BCUT2D eigenvalue weighted by Gasteiger charge is -2.25. The van der Waals surface area contributed by atoms with E-state index in [-0.39, 0.29) is 18.6 Å². The molecule has 2 aromatic carbocycles. The highest BCUT2D eigenvalue weighted by atomic mass is 16.6. The third kappa shape index (κ3) is 6.91. The lowest BCUT2D eigenvalue weighted by Crippen LogP contribution is -2.34. The van der Waals surface area contributed by atoms with Gasteiger partial charge in [-0.25, -0.2) is 4.79 Å². The zero-order valence-electron chi connectivity index (χ0n) is 17.6. The number of hydrogen-bond donors (Lipinski definition) is 1. The van der Waals surface area contributed by atoms with E-state index in [4.69, 9.17) is 9.47 Å². The minimum absolute atomic E-state index is 0.0631. The summed E-state index contributed by atoms with van der Waals surface area (Å²) in [7, 11) is 3.99. The normalized spacial score (nSPS) is 11.8. The lowest BCUT2D eigenvalue weighted by molar-refractivity contribution is -0.145. The number of ether oxygens (including phenoxy) is 2. The Morgan fingerprint density at radius 3 is 2.41 bits per heavy atom. The van der Waals surface area contributed by atoms with E-state index in [1.165, 1.54) is 5.56 Å². The number of amides is 1. The molecule has 156 valence electrons. The molecule has 0 unspecified atom stereocenters. The smallest absolute Gasteiger partial charge is 0.344 e. The Bertz CT molecular complexity index is 803. The molecular formula is C23H30N2O4. The molecule has 0 spiro atoms. The first-order valence-corrected chi connectivity index (χ1v) is 9.86. The fraction of sp³-hybridized carbons (Fsp3) is 0.391. The van der Waals surface area contributed by atoms with Crippen molar-refractivity contribution in [3.63, 3.8) is 0 Å². The Balaban J connectivity index is 1.99. The average Bonchev–Trinajstić information content (AvgIpc) is 2.73. The van der Waals surface area contributed by atoms with Gasteiger partial charge in [-0.2, -0.15) is 0 Å². The van der Waals surface area contributed by atoms with Gasteiger partial charge in [0.2, 0.25) is 0 Å². The molecule has 0 saturated carbocycles. The van der Waals surface area contributed by atoms with Crippen LogP contribution in [0.5, 0.6) is 5.75 Å². The monoisotopic (exact) mass is 398 g/mol. The van der Waals surface area contributed by atoms with Crippen LogP contribution in [0.25, 0.3) is 0 Å². The van der Waals surface area contributed by atoms with Crippen molar-refractivity contribution in [2.24, 2.45) is 0 Å². The predicted octanol–water partition coefficient (Wildman–Crippen LogP) is 3.22. The highest BCUT2D eigenvalue weighted by Gasteiger charge is 2.16. The number of carbonyl (C=O) groups excluding carboxylic acids is 2. The Kier molecular flexibility index (Phi) is 8.68. The second kappa shape index (κ2) is 11.2. The molecule has 0 bridgehead atoms. The van der Waals surface area contributed by atoms with Crippen LogP contribution in [0.3, 0.4) is 0 Å². The molecule has 1 amide bonds. The number of nitrogens with zero attached hydrogens (tertiary/aromatic N) is 1. The maximum atomic E-state index is 12.6. The zero-order chi connectivity index (χ0) is 21.2. The van der Waals surface area contributed by atoms with Gasteiger partial charge in [-0.3, -0.25) is 4.79 Å². The number of benzene rings is 2. The van der Waals surface area contributed by atoms with Crippen LogP contribution in [0, 0.1) is 0 Å². The Labute approximate surface area is 172 Å². The Hall–Kier alpha value is -2.86. The Morgan fingerprint density at radius 1 is 1.07 bits per heavy atom. The lowest BCUT2D eigenvalue weighted by atomic mass is 10.0. The zero-order valence-corrected chi connectivity index (χ0v) is 17.6. The van der Waals surface area contributed by atoms with E-state index in [9.17, 15) is 9.59 Å². The van der Waals surface area contributed by atoms with Crippen LogP contribution in [0.15, 0.2) is 48.5 Å². The molecule has 2 aromatic rings. The van der Waals surface area contributed by atoms with Crippen LogP contribution in [0.1, 0.15) is 41.4 Å². The van der Waals surface area contributed by atoms with E-state index >= 15 is 0 Å². The summed E-state index contributed by atoms with van der Waals surface area (Å²) < 4.78 is 10.2. The third-order valence-corrected chi connectivity index (χ3v) is 4.61. The van der Waals surface area contributed by atoms with Crippen molar-refractivity contribution < 1.29 is 19.1 Å². The van der Waals surface area contributed by atoms with Crippen molar-refractivity contribution in [3.8, 4) is 5.75 Å². The second-order valence-corrected chi connectivity index (χ2v) is 6.91. The van der Waals surface area contributed by atoms with Crippen molar-refractivity contribution in [2.45, 2.75) is 26.3 Å². The van der Waals surface area contributed by atoms with Gasteiger partial charge in [0.15, 0.2) is 6.61 Å². The van der Waals surface area contributed by atoms with Gasteiger partial charge in [0.1, 0.15) is 5.75 Å². The van der Waals surface area contributed by atoms with Crippen LogP contribution in [0.4, 0.5) is 0 Å². The quantitative estimate of drug-likeness (QED) is 0.623. The summed E-state index contributed by atoms with van der Waals surface area (Å²) in [6.45, 7) is 4.46. The molecule has 0 aromatic heterocycles. The van der Waals surface area contributed by atoms with Crippen molar-refractivity contribution in [1.82, 2.24) is 10.2 Å². The summed E-state index contributed by atoms with van der Waals surface area (Å²) in [6.07, 6.45) is 0.998. The maximum absolute atomic E-state index is 12.6. The molecule has 0 radical (unpaired) electrons. The summed E-state index contributed by atoms with van der Waals surface area (Å²) in [5, 5.41) is 2.99. The standard InChI is InChI=1S/C23H30N2O4/c1-5-17-10-12-18(13-11-17)21(25(3)4)15-24-23(27)19-8-7-9-20(14-19)29-16-22(26)28-6-2/h7-14,21H,5-6,15-16H2,1-4H3,(H,24,27)/t21-/m1/s1. The molecular weight excluding hydrogens is 368 g/mol. The molecule has 2 rings (SSSR count). The fourth-order valence-electron chi connectivity index (χ4n) is 2.94. The first-order chi connectivity index (χ1) is 13.9. The summed E-state index contributed by atoms with van der Waals surface area (Å²) in [5.74, 6) is -0.182. The molecule has 0 aliphatic carbocycles. The summed E-state index contributed by atoms with van der Waals surface area (Å²) in [6, 6.07) is 15.3. The molecule has 0 saturated heterocycles. The van der Waals surface area contributed by atoms with Gasteiger partial charge in [-0.15, -0.1) is 0 Å². The van der Waals surface area contributed by atoms with Gasteiger partial charge in [-0.05, 0) is 56.8 Å². The third-order valence-electron chi connectivity index (χ3n) is 4.61. The van der Waals surface area contributed by atoms with Crippen molar-refractivity contribution in [1.29, 1.82) is 0 Å². The fourth-order valence-corrected chi connectivity index (χ4v) is 2.94. The van der Waals surface area contributed by atoms with Crippen LogP contribution < -0.4 is 10.1 Å². The van der Waals surface area contributed by atoms with E-state index in [1.54, 1.807) is 31.2 Å². The number of hydrogen-bond acceptors (Lipinski definition) is 5. The van der Waals surface area contributed by atoms with Crippen LogP contribution in [-0.4, -0.2) is 50.6 Å². The van der Waals surface area contributed by atoms with E-state index in [1.807, 2.05) is 14.1 Å². The summed E-state index contributed by atoms with van der Waals surface area (Å²) >= 11 is 0. The van der Waals surface area contributed by atoms with Crippen molar-refractivity contribution >= 4 is 11.9 Å². The van der Waals surface area contributed by atoms with E-state index < -0.39 is 5.97 Å². The van der Waals surface area contributed by atoms with Gasteiger partial charge in [0.25, 0.3) is 5.91 Å². The van der Waals surface area contributed by atoms with Gasteiger partial charge < -0.3 is 19.7 Å². The molecule has 1 N–H and O–H groups in total. The molecule has 29 heavy (non-hydrogen) atoms. The number of carbonyl (C=O) groups is 2. The average molecular weight is 399 g/mol. The highest BCUT2D eigenvalue weighted by molar-refractivity contribution is 5.94. The van der Waals surface area contributed by atoms with E-state index in [0.29, 0.717) is 24.5 Å². The second-order valence-electron chi connectivity index (χ2n) is 6.91. The number of nitrogens with one attached hydrogen (secondary N) is 1. The molecule has 0 heterocycles. The summed E-state index contributed by atoms with van der Waals surface area (Å²) in [5.41, 5.74) is 2.92. The van der Waals surface area contributed by atoms with Gasteiger partial charge in [0.05, 0.1) is 12.6 Å². The van der Waals surface area contributed by atoms with Crippen LogP contribution in [-0.2, 0) is 16.0 Å². The molecule has 0 fully saturated rings. The maximum Gasteiger partial charge on any atom is 0.344 e. The van der Waals surface area contributed by atoms with E-state index in [0.717, 1.165) is 12.0 Å². The topological polar surface area (TPSA) is 67.9 Å². The molecule has 0 aliphatic rings. The first-order valence-electron chi connectivity index (χ1n) is 9.86. The largest absolute Gasteiger partial charge is 0.482 e. The molecule has 6 heteroatoms. The van der Waals surface area contributed by atoms with Gasteiger partial charge in [-0.1, -0.05) is 37.3 Å². The number of likely N-dealkylation sites (N-methyl/N-ethyl adjacent to an activating group) is 1. The molecule has 0 aliphatic heterocycles. The number of esters is 1. The SMILES string of the molecule is CCOC(=O)COc1cccc(C(=O)NC[C@H](c2ccc(CC)cc2)N(C)C)c1. The van der Waals surface area contributed by atoms with Crippen molar-refractivity contribution in [2.75, 3.05) is 33.9 Å². The molecule has 6 nitrogen and oxygen atoms in total.